The number of hydrogen-bond acceptors (Lipinski definition) is 10. The predicted molar refractivity (Wildman–Crippen MR) is 142 cm³/mol. The summed E-state index contributed by atoms with van der Waals surface area (Å²) in [6.07, 6.45) is -8.02. The second-order valence-electron chi connectivity index (χ2n) is 8.15. The lowest BCUT2D eigenvalue weighted by Gasteiger charge is -2.34. The number of carbonyl (C=O) groups is 6. The molecule has 0 aromatic heterocycles. The van der Waals surface area contributed by atoms with Gasteiger partial charge in [-0.15, -0.1) is 0 Å². The fourth-order valence-corrected chi connectivity index (χ4v) is 3.78. The van der Waals surface area contributed by atoms with Crippen LogP contribution < -0.4 is 10.6 Å². The van der Waals surface area contributed by atoms with E-state index in [0.717, 1.165) is 27.7 Å². The first-order valence-electron chi connectivity index (χ1n) is 11.6. The van der Waals surface area contributed by atoms with E-state index >= 15 is 0 Å². The minimum absolute atomic E-state index is 0.102. The summed E-state index contributed by atoms with van der Waals surface area (Å²) in [5, 5.41) is 5.10. The Morgan fingerprint density at radius 2 is 0.850 bits per heavy atom. The van der Waals surface area contributed by atoms with Crippen LogP contribution in [0.25, 0.3) is 0 Å². The maximum absolute atomic E-state index is 13.4. The first-order chi connectivity index (χ1) is 18.8. The van der Waals surface area contributed by atoms with Crippen molar-refractivity contribution < 1.29 is 47.7 Å². The van der Waals surface area contributed by atoms with Gasteiger partial charge in [-0.3, -0.25) is 28.8 Å². The summed E-state index contributed by atoms with van der Waals surface area (Å²) in [7, 11) is 0. The van der Waals surface area contributed by atoms with Gasteiger partial charge >= 0.3 is 23.9 Å². The summed E-state index contributed by atoms with van der Waals surface area (Å²) >= 11 is 12.2. The van der Waals surface area contributed by atoms with Crippen molar-refractivity contribution in [1.29, 1.82) is 0 Å². The molecule has 0 aliphatic heterocycles. The molecule has 2 aromatic carbocycles. The maximum atomic E-state index is 13.4. The smallest absolute Gasteiger partial charge is 0.303 e. The zero-order valence-electron chi connectivity index (χ0n) is 21.8. The van der Waals surface area contributed by atoms with E-state index in [-0.39, 0.29) is 21.4 Å². The fraction of sp³-hybridized carbons (Fsp3) is 0.308. The Morgan fingerprint density at radius 1 is 0.550 bits per heavy atom. The average molecular weight is 597 g/mol. The number of ether oxygens (including phenoxy) is 4. The Hall–Kier alpha value is -4.16. The van der Waals surface area contributed by atoms with Crippen LogP contribution in [-0.4, -0.2) is 60.1 Å². The van der Waals surface area contributed by atoms with E-state index in [2.05, 4.69) is 10.6 Å². The van der Waals surface area contributed by atoms with Crippen molar-refractivity contribution in [2.75, 3.05) is 10.6 Å². The molecule has 0 saturated heterocycles. The summed E-state index contributed by atoms with van der Waals surface area (Å²) in [5.74, 6) is -6.17. The molecule has 214 valence electrons. The monoisotopic (exact) mass is 596 g/mol. The molecule has 2 amide bonds. The molecule has 0 heterocycles. The molecule has 0 fully saturated rings. The molecule has 40 heavy (non-hydrogen) atoms. The van der Waals surface area contributed by atoms with Crippen LogP contribution >= 0.6 is 23.2 Å². The molecule has 0 aliphatic carbocycles. The Morgan fingerprint density at radius 3 is 1.12 bits per heavy atom. The number of nitrogens with one attached hydrogen (secondary N) is 2. The van der Waals surface area contributed by atoms with Gasteiger partial charge in [-0.05, 0) is 24.3 Å². The Kier molecular flexibility index (Phi) is 11.9. The van der Waals surface area contributed by atoms with Gasteiger partial charge in [0.15, 0.2) is 12.2 Å². The van der Waals surface area contributed by atoms with Crippen LogP contribution in [-0.2, 0) is 47.7 Å². The van der Waals surface area contributed by atoms with E-state index in [1.165, 1.54) is 24.3 Å². The van der Waals surface area contributed by atoms with Crippen molar-refractivity contribution >= 4 is 70.3 Å². The van der Waals surface area contributed by atoms with Crippen molar-refractivity contribution in [1.82, 2.24) is 0 Å². The van der Waals surface area contributed by atoms with Crippen LogP contribution in [0.1, 0.15) is 27.7 Å². The second kappa shape index (κ2) is 14.8. The Labute approximate surface area is 239 Å². The van der Waals surface area contributed by atoms with Crippen molar-refractivity contribution in [2.45, 2.75) is 52.1 Å². The van der Waals surface area contributed by atoms with Gasteiger partial charge in [0.05, 0.1) is 21.4 Å². The van der Waals surface area contributed by atoms with Gasteiger partial charge in [-0.1, -0.05) is 47.5 Å². The minimum Gasteiger partial charge on any atom is -0.454 e. The van der Waals surface area contributed by atoms with Gasteiger partial charge in [0.25, 0.3) is 11.8 Å². The molecular formula is C26H26Cl2N2O10. The summed E-state index contributed by atoms with van der Waals surface area (Å²) in [4.78, 5) is 75.0. The van der Waals surface area contributed by atoms with Crippen LogP contribution in [0.3, 0.4) is 0 Å². The topological polar surface area (TPSA) is 163 Å². The van der Waals surface area contributed by atoms with Crippen LogP contribution in [0.2, 0.25) is 10.0 Å². The van der Waals surface area contributed by atoms with Crippen LogP contribution in [0.4, 0.5) is 11.4 Å². The number of para-hydroxylation sites is 2. The minimum atomic E-state index is -2.02. The molecule has 0 saturated carbocycles. The third-order valence-electron chi connectivity index (χ3n) is 4.89. The highest BCUT2D eigenvalue weighted by Gasteiger charge is 2.49. The Bertz CT molecular complexity index is 1190. The molecule has 14 heteroatoms. The number of carbonyl (C=O) groups excluding carboxylic acids is 6. The summed E-state index contributed by atoms with van der Waals surface area (Å²) in [6.45, 7) is 3.85. The SMILES string of the molecule is CC(=O)O[C@H]([C@H](OC(C)=O)[C@H](OC(C)=O)C(=O)Nc1ccccc1Cl)[C@H](OC(C)=O)C(=O)Nc1ccccc1Cl. The first kappa shape index (κ1) is 32.1. The normalized spacial score (nSPS) is 13.4. The number of halogens is 2. The van der Waals surface area contributed by atoms with Gasteiger partial charge in [0.1, 0.15) is 0 Å². The van der Waals surface area contributed by atoms with E-state index in [4.69, 9.17) is 42.1 Å². The quantitative estimate of drug-likeness (QED) is 0.290. The number of hydrogen-bond donors (Lipinski definition) is 2. The van der Waals surface area contributed by atoms with Crippen molar-refractivity contribution in [3.63, 3.8) is 0 Å². The molecule has 2 rings (SSSR count). The molecular weight excluding hydrogens is 571 g/mol. The van der Waals surface area contributed by atoms with E-state index in [9.17, 15) is 28.8 Å². The lowest BCUT2D eigenvalue weighted by atomic mass is 10.00. The molecule has 2 N–H and O–H groups in total. The first-order valence-corrected chi connectivity index (χ1v) is 12.3. The van der Waals surface area contributed by atoms with Gasteiger partial charge < -0.3 is 29.6 Å². The third-order valence-corrected chi connectivity index (χ3v) is 5.55. The maximum Gasteiger partial charge on any atom is 0.303 e. The fourth-order valence-electron chi connectivity index (χ4n) is 3.42. The molecule has 0 radical (unpaired) electrons. The zero-order valence-corrected chi connectivity index (χ0v) is 23.3. The van der Waals surface area contributed by atoms with E-state index < -0.39 is 60.1 Å². The standard InChI is InChI=1S/C26H26Cl2N2O10/c1-13(31)37-21(23(39-15(3)33)25(35)29-19-11-7-5-9-17(19)27)22(38-14(2)32)24(40-16(4)34)26(36)30-20-12-8-6-10-18(20)28/h5-12,21-24H,1-4H3,(H,29,35)(H,30,36)/t21-,22+,23-,24-/m0/s1. The summed E-state index contributed by atoms with van der Waals surface area (Å²) in [5.41, 5.74) is 0.204. The number of rotatable bonds is 11. The van der Waals surface area contributed by atoms with Crippen molar-refractivity contribution in [3.8, 4) is 0 Å². The molecule has 2 aromatic rings. The highest BCUT2D eigenvalue weighted by Crippen LogP contribution is 2.26. The lowest BCUT2D eigenvalue weighted by Crippen LogP contribution is -2.57. The summed E-state index contributed by atoms with van der Waals surface area (Å²) in [6, 6.07) is 12.1. The number of anilines is 2. The van der Waals surface area contributed by atoms with Crippen LogP contribution in [0.5, 0.6) is 0 Å². The lowest BCUT2D eigenvalue weighted by molar-refractivity contribution is -0.198. The largest absolute Gasteiger partial charge is 0.454 e. The van der Waals surface area contributed by atoms with Crippen molar-refractivity contribution in [2.24, 2.45) is 0 Å². The molecule has 0 spiro atoms. The number of esters is 4. The van der Waals surface area contributed by atoms with Gasteiger partial charge in [0, 0.05) is 27.7 Å². The van der Waals surface area contributed by atoms with Gasteiger partial charge in [0.2, 0.25) is 12.2 Å². The van der Waals surface area contributed by atoms with E-state index in [1.54, 1.807) is 24.3 Å². The highest BCUT2D eigenvalue weighted by atomic mass is 35.5. The molecule has 12 nitrogen and oxygen atoms in total. The number of amides is 2. The number of benzene rings is 2. The van der Waals surface area contributed by atoms with E-state index in [0.29, 0.717) is 0 Å². The van der Waals surface area contributed by atoms with Crippen LogP contribution in [0.15, 0.2) is 48.5 Å². The second-order valence-corrected chi connectivity index (χ2v) is 8.96. The molecule has 0 unspecified atom stereocenters. The Balaban J connectivity index is 2.62. The molecule has 4 atom stereocenters. The third kappa shape index (κ3) is 9.54. The molecule has 0 aliphatic rings. The van der Waals surface area contributed by atoms with Gasteiger partial charge in [-0.2, -0.15) is 0 Å². The average Bonchev–Trinajstić information content (AvgIpc) is 2.85. The predicted octanol–water partition coefficient (Wildman–Crippen LogP) is 3.30. The summed E-state index contributed by atoms with van der Waals surface area (Å²) < 4.78 is 20.9. The van der Waals surface area contributed by atoms with Gasteiger partial charge in [-0.25, -0.2) is 0 Å². The molecule has 0 bridgehead atoms. The zero-order chi connectivity index (χ0) is 30.0. The highest BCUT2D eigenvalue weighted by molar-refractivity contribution is 6.34. The van der Waals surface area contributed by atoms with Crippen molar-refractivity contribution in [3.05, 3.63) is 58.6 Å². The van der Waals surface area contributed by atoms with Crippen LogP contribution in [0, 0.1) is 0 Å². The van der Waals surface area contributed by atoms with E-state index in [1.807, 2.05) is 0 Å².